The molecule has 1 unspecified atom stereocenters. The van der Waals surface area contributed by atoms with E-state index in [0.29, 0.717) is 31.6 Å². The van der Waals surface area contributed by atoms with E-state index in [9.17, 15) is 9.59 Å². The van der Waals surface area contributed by atoms with Crippen molar-refractivity contribution in [3.8, 4) is 0 Å². The Balaban J connectivity index is 1.81. The standard InChI is InChI=1S/C21H25N3O4/c1-15-20(28-14-27-15)8-4-5-17-11-16(18-6-2-3-7-19(18)22)9-10-24(17)21(26)12-23-13-25/h2-4,6-8,11,13,17H,5,9-10,12,14,22H2,1H3,(H,23,25)/b8-4-. The number of amides is 2. The van der Waals surface area contributed by atoms with Crippen molar-refractivity contribution in [2.45, 2.75) is 25.8 Å². The maximum absolute atomic E-state index is 12.5. The van der Waals surface area contributed by atoms with Crippen LogP contribution in [0.25, 0.3) is 5.57 Å². The molecule has 1 aromatic rings. The van der Waals surface area contributed by atoms with Crippen molar-refractivity contribution in [3.63, 3.8) is 0 Å². The lowest BCUT2D eigenvalue weighted by molar-refractivity contribution is -0.132. The van der Waals surface area contributed by atoms with Gasteiger partial charge in [0.15, 0.2) is 5.76 Å². The summed E-state index contributed by atoms with van der Waals surface area (Å²) in [6.07, 6.45) is 7.79. The lowest BCUT2D eigenvalue weighted by Crippen LogP contribution is -2.46. The quantitative estimate of drug-likeness (QED) is 0.556. The molecule has 2 aliphatic rings. The van der Waals surface area contributed by atoms with Crippen LogP contribution in [-0.4, -0.2) is 43.1 Å². The van der Waals surface area contributed by atoms with Gasteiger partial charge >= 0.3 is 0 Å². The lowest BCUT2D eigenvalue weighted by Gasteiger charge is -2.34. The van der Waals surface area contributed by atoms with Gasteiger partial charge < -0.3 is 25.4 Å². The molecule has 0 bridgehead atoms. The first kappa shape index (κ1) is 19.5. The number of anilines is 1. The highest BCUT2D eigenvalue weighted by Crippen LogP contribution is 2.30. The van der Waals surface area contributed by atoms with E-state index in [1.807, 2.05) is 43.3 Å². The molecule has 7 nitrogen and oxygen atoms in total. The van der Waals surface area contributed by atoms with Crippen LogP contribution in [0.4, 0.5) is 5.69 Å². The zero-order valence-electron chi connectivity index (χ0n) is 15.9. The van der Waals surface area contributed by atoms with Crippen molar-refractivity contribution in [1.29, 1.82) is 0 Å². The molecule has 0 aromatic heterocycles. The largest absolute Gasteiger partial charge is 0.458 e. The third-order valence-electron chi connectivity index (χ3n) is 4.86. The summed E-state index contributed by atoms with van der Waals surface area (Å²) in [5.74, 6) is 1.33. The van der Waals surface area contributed by atoms with Crippen LogP contribution >= 0.6 is 0 Å². The summed E-state index contributed by atoms with van der Waals surface area (Å²) in [4.78, 5) is 24.9. The van der Waals surface area contributed by atoms with E-state index in [0.717, 1.165) is 22.6 Å². The number of carbonyl (C=O) groups excluding carboxylic acids is 2. The topological polar surface area (TPSA) is 93.9 Å². The second kappa shape index (κ2) is 9.12. The Kier molecular flexibility index (Phi) is 6.37. The summed E-state index contributed by atoms with van der Waals surface area (Å²) in [6, 6.07) is 7.60. The molecule has 7 heteroatoms. The van der Waals surface area contributed by atoms with Gasteiger partial charge in [-0.3, -0.25) is 9.59 Å². The van der Waals surface area contributed by atoms with E-state index in [1.54, 1.807) is 4.90 Å². The predicted octanol–water partition coefficient (Wildman–Crippen LogP) is 2.18. The van der Waals surface area contributed by atoms with Gasteiger partial charge in [-0.25, -0.2) is 0 Å². The van der Waals surface area contributed by atoms with Gasteiger partial charge in [-0.2, -0.15) is 0 Å². The minimum Gasteiger partial charge on any atom is -0.458 e. The highest BCUT2D eigenvalue weighted by molar-refractivity contribution is 5.83. The molecule has 2 amide bonds. The molecule has 0 radical (unpaired) electrons. The van der Waals surface area contributed by atoms with Crippen molar-refractivity contribution in [2.75, 3.05) is 25.6 Å². The van der Waals surface area contributed by atoms with Crippen LogP contribution in [0.3, 0.4) is 0 Å². The Bertz CT molecular complexity index is 829. The number of allylic oxidation sites excluding steroid dienone is 2. The van der Waals surface area contributed by atoms with Crippen LogP contribution in [0.1, 0.15) is 25.3 Å². The Morgan fingerprint density at radius 1 is 1.36 bits per heavy atom. The van der Waals surface area contributed by atoms with Crippen LogP contribution in [0.15, 0.2) is 54.0 Å². The van der Waals surface area contributed by atoms with Crippen LogP contribution in [0.5, 0.6) is 0 Å². The molecule has 2 aliphatic heterocycles. The van der Waals surface area contributed by atoms with Crippen LogP contribution in [-0.2, 0) is 19.1 Å². The molecule has 0 spiro atoms. The number of nitrogens with zero attached hydrogens (tertiary/aromatic N) is 1. The number of ether oxygens (including phenoxy) is 2. The van der Waals surface area contributed by atoms with E-state index in [-0.39, 0.29) is 25.3 Å². The van der Waals surface area contributed by atoms with Crippen molar-refractivity contribution in [2.24, 2.45) is 0 Å². The van der Waals surface area contributed by atoms with Gasteiger partial charge in [-0.1, -0.05) is 30.4 Å². The van der Waals surface area contributed by atoms with Crippen LogP contribution in [0.2, 0.25) is 0 Å². The first-order chi connectivity index (χ1) is 13.6. The Morgan fingerprint density at radius 2 is 2.18 bits per heavy atom. The Hall–Kier alpha value is -3.22. The normalized spacial score (nSPS) is 19.2. The fourth-order valence-electron chi connectivity index (χ4n) is 3.40. The number of benzene rings is 1. The van der Waals surface area contributed by atoms with Crippen molar-refractivity contribution in [3.05, 3.63) is 59.6 Å². The van der Waals surface area contributed by atoms with Crippen molar-refractivity contribution in [1.82, 2.24) is 10.2 Å². The smallest absolute Gasteiger partial charge is 0.242 e. The van der Waals surface area contributed by atoms with Gasteiger partial charge in [0.05, 0.1) is 12.6 Å². The summed E-state index contributed by atoms with van der Waals surface area (Å²) in [7, 11) is 0. The number of para-hydroxylation sites is 1. The van der Waals surface area contributed by atoms with E-state index in [2.05, 4.69) is 11.4 Å². The second-order valence-electron chi connectivity index (χ2n) is 6.65. The van der Waals surface area contributed by atoms with Crippen LogP contribution < -0.4 is 11.1 Å². The number of nitrogen functional groups attached to an aromatic ring is 1. The van der Waals surface area contributed by atoms with Gasteiger partial charge in [0.1, 0.15) is 5.76 Å². The van der Waals surface area contributed by atoms with Gasteiger partial charge in [-0.05, 0) is 37.5 Å². The average Bonchev–Trinajstić information content (AvgIpc) is 3.11. The van der Waals surface area contributed by atoms with E-state index >= 15 is 0 Å². The number of hydrogen-bond acceptors (Lipinski definition) is 5. The summed E-state index contributed by atoms with van der Waals surface area (Å²) in [5.41, 5.74) is 8.98. The molecule has 2 heterocycles. The SMILES string of the molecule is CC1=C(/C=C\CC2C=C(c3ccccc3N)CCN2C(=O)CNC=O)OCO1. The fourth-order valence-corrected chi connectivity index (χ4v) is 3.40. The second-order valence-corrected chi connectivity index (χ2v) is 6.65. The fraction of sp³-hybridized carbons (Fsp3) is 0.333. The summed E-state index contributed by atoms with van der Waals surface area (Å²) >= 11 is 0. The van der Waals surface area contributed by atoms with Gasteiger partial charge in [0.25, 0.3) is 0 Å². The number of carbonyl (C=O) groups is 2. The molecule has 0 fully saturated rings. The number of hydrogen-bond donors (Lipinski definition) is 2. The highest BCUT2D eigenvalue weighted by Gasteiger charge is 2.26. The first-order valence-electron chi connectivity index (χ1n) is 9.25. The molecule has 3 rings (SSSR count). The predicted molar refractivity (Wildman–Crippen MR) is 107 cm³/mol. The molecule has 1 aromatic carbocycles. The number of rotatable bonds is 7. The Labute approximate surface area is 164 Å². The van der Waals surface area contributed by atoms with Crippen molar-refractivity contribution >= 4 is 23.6 Å². The van der Waals surface area contributed by atoms with E-state index in [1.165, 1.54) is 0 Å². The maximum Gasteiger partial charge on any atom is 0.242 e. The molecule has 1 atom stereocenters. The third-order valence-corrected chi connectivity index (χ3v) is 4.86. The third kappa shape index (κ3) is 4.54. The monoisotopic (exact) mass is 383 g/mol. The van der Waals surface area contributed by atoms with Gasteiger partial charge in [0, 0.05) is 17.8 Å². The molecule has 0 aliphatic carbocycles. The average molecular weight is 383 g/mol. The zero-order chi connectivity index (χ0) is 19.9. The molecule has 0 saturated carbocycles. The summed E-state index contributed by atoms with van der Waals surface area (Å²) < 4.78 is 10.7. The number of nitrogens with one attached hydrogen (secondary N) is 1. The lowest BCUT2D eigenvalue weighted by atomic mass is 9.93. The summed E-state index contributed by atoms with van der Waals surface area (Å²) in [6.45, 7) is 2.64. The van der Waals surface area contributed by atoms with Gasteiger partial charge in [0.2, 0.25) is 19.1 Å². The van der Waals surface area contributed by atoms with E-state index in [4.69, 9.17) is 15.2 Å². The number of nitrogens with two attached hydrogens (primary N) is 1. The molecular formula is C21H25N3O4. The first-order valence-corrected chi connectivity index (χ1v) is 9.25. The molecule has 3 N–H and O–H groups in total. The minimum absolute atomic E-state index is 0.0123. The molecule has 28 heavy (non-hydrogen) atoms. The van der Waals surface area contributed by atoms with Crippen LogP contribution in [0, 0.1) is 0 Å². The van der Waals surface area contributed by atoms with E-state index < -0.39 is 0 Å². The zero-order valence-corrected chi connectivity index (χ0v) is 15.9. The molecular weight excluding hydrogens is 358 g/mol. The minimum atomic E-state index is -0.135. The summed E-state index contributed by atoms with van der Waals surface area (Å²) in [5, 5.41) is 2.45. The van der Waals surface area contributed by atoms with Gasteiger partial charge in [-0.15, -0.1) is 0 Å². The van der Waals surface area contributed by atoms with Crippen molar-refractivity contribution < 1.29 is 19.1 Å². The Morgan fingerprint density at radius 3 is 2.89 bits per heavy atom. The molecule has 148 valence electrons. The maximum atomic E-state index is 12.5. The highest BCUT2D eigenvalue weighted by atomic mass is 16.7. The molecule has 0 saturated heterocycles.